The highest BCUT2D eigenvalue weighted by atomic mass is 16.6. The van der Waals surface area contributed by atoms with Gasteiger partial charge in [-0.2, -0.15) is 0 Å². The van der Waals surface area contributed by atoms with E-state index in [4.69, 9.17) is 0 Å². The van der Waals surface area contributed by atoms with Crippen molar-refractivity contribution in [2.45, 2.75) is 20.8 Å². The fraction of sp³-hybridized carbons (Fsp3) is 0.636. The van der Waals surface area contributed by atoms with Gasteiger partial charge in [0.25, 0.3) is 0 Å². The minimum Gasteiger partial charge on any atom is -0.396 e. The predicted molar refractivity (Wildman–Crippen MR) is 72.2 cm³/mol. The molecule has 0 aliphatic rings. The molecule has 1 rings (SSSR count). The average Bonchev–Trinajstić information content (AvgIpc) is 2.36. The van der Waals surface area contributed by atoms with E-state index >= 15 is 0 Å². The van der Waals surface area contributed by atoms with E-state index in [-0.39, 0.29) is 23.9 Å². The normalized spacial score (nSPS) is 11.2. The van der Waals surface area contributed by atoms with Crippen LogP contribution in [0.3, 0.4) is 0 Å². The Bertz CT molecular complexity index is 450. The summed E-state index contributed by atoms with van der Waals surface area (Å²) in [6.45, 7) is 6.38. The smallest absolute Gasteiger partial charge is 0.353 e. The monoisotopic (exact) mass is 269 g/mol. The molecular formula is C11H19N5O3. The number of nitrogens with one attached hydrogen (secondary N) is 2. The molecule has 0 amide bonds. The fourth-order valence-electron chi connectivity index (χ4n) is 1.36. The summed E-state index contributed by atoms with van der Waals surface area (Å²) in [7, 11) is 0. The van der Waals surface area contributed by atoms with E-state index in [0.29, 0.717) is 13.1 Å². The van der Waals surface area contributed by atoms with E-state index in [1.165, 1.54) is 6.33 Å². The molecule has 0 aliphatic heterocycles. The van der Waals surface area contributed by atoms with Gasteiger partial charge in [-0.05, 0) is 6.92 Å². The molecule has 8 nitrogen and oxygen atoms in total. The van der Waals surface area contributed by atoms with Crippen LogP contribution in [0.25, 0.3) is 0 Å². The van der Waals surface area contributed by atoms with E-state index in [9.17, 15) is 15.2 Å². The summed E-state index contributed by atoms with van der Waals surface area (Å²) in [5, 5.41) is 26.0. The van der Waals surface area contributed by atoms with Crippen molar-refractivity contribution in [1.82, 2.24) is 9.97 Å². The van der Waals surface area contributed by atoms with Crippen LogP contribution in [-0.2, 0) is 0 Å². The van der Waals surface area contributed by atoms with E-state index in [1.54, 1.807) is 0 Å². The molecule has 0 bridgehead atoms. The van der Waals surface area contributed by atoms with Gasteiger partial charge in [0, 0.05) is 25.1 Å². The van der Waals surface area contributed by atoms with E-state index in [2.05, 4.69) is 20.6 Å². The van der Waals surface area contributed by atoms with Crippen molar-refractivity contribution in [2.24, 2.45) is 5.41 Å². The molecule has 0 fully saturated rings. The van der Waals surface area contributed by atoms with E-state index in [1.807, 2.05) is 20.8 Å². The van der Waals surface area contributed by atoms with Crippen LogP contribution in [0, 0.1) is 15.5 Å². The highest BCUT2D eigenvalue weighted by molar-refractivity contribution is 5.69. The molecule has 0 atom stereocenters. The zero-order chi connectivity index (χ0) is 14.5. The minimum atomic E-state index is -0.522. The third-order valence-electron chi connectivity index (χ3n) is 2.51. The summed E-state index contributed by atoms with van der Waals surface area (Å²) in [5.74, 6) is 0.337. The van der Waals surface area contributed by atoms with Gasteiger partial charge in [-0.1, -0.05) is 13.8 Å². The second-order valence-corrected chi connectivity index (χ2v) is 4.88. The first-order valence-electron chi connectivity index (χ1n) is 5.99. The van der Waals surface area contributed by atoms with Gasteiger partial charge in [0.2, 0.25) is 11.6 Å². The van der Waals surface area contributed by atoms with E-state index < -0.39 is 10.3 Å². The molecule has 1 aromatic rings. The summed E-state index contributed by atoms with van der Waals surface area (Å²) < 4.78 is 0. The number of aromatic nitrogens is 2. The minimum absolute atomic E-state index is 0.0288. The van der Waals surface area contributed by atoms with Gasteiger partial charge in [0.1, 0.15) is 6.33 Å². The van der Waals surface area contributed by atoms with Crippen LogP contribution in [0.15, 0.2) is 6.33 Å². The number of rotatable bonds is 7. The van der Waals surface area contributed by atoms with Crippen molar-refractivity contribution in [3.63, 3.8) is 0 Å². The Labute approximate surface area is 111 Å². The number of nitrogens with zero attached hydrogens (tertiary/aromatic N) is 3. The maximum Gasteiger partial charge on any atom is 0.353 e. The summed E-state index contributed by atoms with van der Waals surface area (Å²) >= 11 is 0. The number of hydrogen-bond acceptors (Lipinski definition) is 7. The number of hydrogen-bond donors (Lipinski definition) is 3. The molecule has 0 saturated heterocycles. The van der Waals surface area contributed by atoms with Gasteiger partial charge in [-0.3, -0.25) is 10.1 Å². The number of anilines is 2. The Balaban J connectivity index is 3.00. The van der Waals surface area contributed by atoms with Crippen molar-refractivity contribution in [2.75, 3.05) is 30.3 Å². The van der Waals surface area contributed by atoms with Gasteiger partial charge in [0.05, 0.1) is 4.92 Å². The first-order valence-corrected chi connectivity index (χ1v) is 5.99. The van der Waals surface area contributed by atoms with E-state index in [0.717, 1.165) is 0 Å². The van der Waals surface area contributed by atoms with Gasteiger partial charge in [0.15, 0.2) is 0 Å². The average molecular weight is 269 g/mol. The molecule has 1 aromatic heterocycles. The van der Waals surface area contributed by atoms with Crippen molar-refractivity contribution < 1.29 is 10.0 Å². The summed E-state index contributed by atoms with van der Waals surface area (Å²) in [5.41, 5.74) is -0.574. The van der Waals surface area contributed by atoms with Crippen molar-refractivity contribution in [3.05, 3.63) is 16.4 Å². The molecule has 0 radical (unpaired) electrons. The zero-order valence-electron chi connectivity index (χ0n) is 11.3. The molecule has 0 aliphatic carbocycles. The maximum atomic E-state index is 11.1. The molecular weight excluding hydrogens is 250 g/mol. The molecule has 0 spiro atoms. The lowest BCUT2D eigenvalue weighted by atomic mass is 9.95. The Kier molecular flexibility index (Phi) is 4.99. The second-order valence-electron chi connectivity index (χ2n) is 4.88. The number of aliphatic hydroxyl groups is 1. The topological polar surface area (TPSA) is 113 Å². The van der Waals surface area contributed by atoms with Gasteiger partial charge >= 0.3 is 5.69 Å². The second kappa shape index (κ2) is 6.28. The summed E-state index contributed by atoms with van der Waals surface area (Å²) in [6.07, 6.45) is 1.26. The Morgan fingerprint density at radius 3 is 2.42 bits per heavy atom. The lowest BCUT2D eigenvalue weighted by Gasteiger charge is -2.22. The van der Waals surface area contributed by atoms with Crippen molar-refractivity contribution >= 4 is 17.3 Å². The maximum absolute atomic E-state index is 11.1. The number of aliphatic hydroxyl groups excluding tert-OH is 1. The van der Waals surface area contributed by atoms with Crippen LogP contribution in [0.2, 0.25) is 0 Å². The third-order valence-corrected chi connectivity index (χ3v) is 2.51. The summed E-state index contributed by atoms with van der Waals surface area (Å²) in [6, 6.07) is 0. The lowest BCUT2D eigenvalue weighted by molar-refractivity contribution is -0.383. The lowest BCUT2D eigenvalue weighted by Crippen LogP contribution is -2.27. The van der Waals surface area contributed by atoms with Crippen molar-refractivity contribution in [1.29, 1.82) is 0 Å². The highest BCUT2D eigenvalue weighted by Gasteiger charge is 2.24. The molecule has 106 valence electrons. The van der Waals surface area contributed by atoms with Crippen molar-refractivity contribution in [3.8, 4) is 0 Å². The molecule has 3 N–H and O–H groups in total. The Hall–Kier alpha value is -1.96. The van der Waals surface area contributed by atoms with Gasteiger partial charge in [-0.15, -0.1) is 0 Å². The standard InChI is InChI=1S/C11H19N5O3/c1-4-12-9-8(16(18)19)10(15-7-14-9)13-5-11(2,3)6-17/h7,17H,4-6H2,1-3H3,(H2,12,13,14,15). The molecule has 0 unspecified atom stereocenters. The summed E-state index contributed by atoms with van der Waals surface area (Å²) in [4.78, 5) is 18.3. The van der Waals surface area contributed by atoms with Crippen LogP contribution < -0.4 is 10.6 Å². The van der Waals surface area contributed by atoms with Crippen LogP contribution >= 0.6 is 0 Å². The molecule has 0 aromatic carbocycles. The largest absolute Gasteiger partial charge is 0.396 e. The molecule has 0 saturated carbocycles. The highest BCUT2D eigenvalue weighted by Crippen LogP contribution is 2.29. The Morgan fingerprint density at radius 1 is 1.37 bits per heavy atom. The third kappa shape index (κ3) is 4.02. The zero-order valence-corrected chi connectivity index (χ0v) is 11.3. The quantitative estimate of drug-likeness (QED) is 0.504. The predicted octanol–water partition coefficient (Wildman–Crippen LogP) is 1.25. The molecule has 8 heteroatoms. The van der Waals surface area contributed by atoms with Crippen LogP contribution in [0.1, 0.15) is 20.8 Å². The van der Waals surface area contributed by atoms with Crippen LogP contribution in [-0.4, -0.2) is 39.7 Å². The SMILES string of the molecule is CCNc1ncnc(NCC(C)(C)CO)c1[N+](=O)[O-]. The first kappa shape index (κ1) is 15.1. The van der Waals surface area contributed by atoms with Crippen LogP contribution in [0.5, 0.6) is 0 Å². The molecule has 19 heavy (non-hydrogen) atoms. The number of nitro groups is 1. The molecule has 1 heterocycles. The first-order chi connectivity index (χ1) is 8.91. The van der Waals surface area contributed by atoms with Crippen LogP contribution in [0.4, 0.5) is 17.3 Å². The van der Waals surface area contributed by atoms with Gasteiger partial charge < -0.3 is 15.7 Å². The Morgan fingerprint density at radius 2 is 1.95 bits per heavy atom. The fourth-order valence-corrected chi connectivity index (χ4v) is 1.36. The van der Waals surface area contributed by atoms with Gasteiger partial charge in [-0.25, -0.2) is 9.97 Å².